The number of aromatic nitrogens is 2. The van der Waals surface area contributed by atoms with Crippen molar-refractivity contribution in [2.45, 2.75) is 39.5 Å². The van der Waals surface area contributed by atoms with Crippen LogP contribution in [0.5, 0.6) is 34.5 Å². The van der Waals surface area contributed by atoms with Gasteiger partial charge in [-0.05, 0) is 37.1 Å². The average molecular weight is 547 g/mol. The van der Waals surface area contributed by atoms with E-state index in [1.165, 1.54) is 0 Å². The molecule has 0 unspecified atom stereocenters. The van der Waals surface area contributed by atoms with E-state index in [0.717, 1.165) is 36.8 Å². The van der Waals surface area contributed by atoms with Gasteiger partial charge in [0.25, 0.3) is 0 Å². The molecule has 0 atom stereocenters. The molecule has 40 heavy (non-hydrogen) atoms. The monoisotopic (exact) mass is 546 g/mol. The summed E-state index contributed by atoms with van der Waals surface area (Å²) in [5.41, 5.74) is 4.16. The fourth-order valence-corrected chi connectivity index (χ4v) is 4.31. The highest BCUT2D eigenvalue weighted by atomic mass is 16.5. The van der Waals surface area contributed by atoms with Crippen LogP contribution in [-0.4, -0.2) is 51.6 Å². The van der Waals surface area contributed by atoms with Gasteiger partial charge >= 0.3 is 0 Å². The average Bonchev–Trinajstić information content (AvgIpc) is 3.00. The summed E-state index contributed by atoms with van der Waals surface area (Å²) in [6.07, 6.45) is 3.97. The van der Waals surface area contributed by atoms with Crippen molar-refractivity contribution in [3.05, 3.63) is 48.5 Å². The molecule has 0 aliphatic carbocycles. The lowest BCUT2D eigenvalue weighted by molar-refractivity contribution is 0.262. The van der Waals surface area contributed by atoms with Crippen molar-refractivity contribution in [1.29, 1.82) is 0 Å². The first-order chi connectivity index (χ1) is 19.6. The third-order valence-electron chi connectivity index (χ3n) is 6.57. The SMILES string of the molecule is CCCCOc1cc2nc(-c3ccc(OC)cc3OC)c(-c3ccc(OC)cc3OC)nc2cc1OCCCC. The van der Waals surface area contributed by atoms with Gasteiger partial charge in [0.05, 0.1) is 52.7 Å². The second kappa shape index (κ2) is 13.7. The van der Waals surface area contributed by atoms with Crippen LogP contribution in [0.3, 0.4) is 0 Å². The van der Waals surface area contributed by atoms with E-state index in [1.54, 1.807) is 28.4 Å². The molecule has 3 aromatic carbocycles. The Morgan fingerprint density at radius 2 is 0.950 bits per heavy atom. The molecule has 0 N–H and O–H groups in total. The predicted octanol–water partition coefficient (Wildman–Crippen LogP) is 7.36. The van der Waals surface area contributed by atoms with Gasteiger partial charge in [0.2, 0.25) is 0 Å². The van der Waals surface area contributed by atoms with Gasteiger partial charge < -0.3 is 28.4 Å². The number of nitrogens with zero attached hydrogens (tertiary/aromatic N) is 2. The topological polar surface area (TPSA) is 81.2 Å². The van der Waals surface area contributed by atoms with Gasteiger partial charge in [-0.1, -0.05) is 26.7 Å². The number of unbranched alkanes of at least 4 members (excludes halogenated alkanes) is 2. The van der Waals surface area contributed by atoms with Gasteiger partial charge in [-0.25, -0.2) is 9.97 Å². The normalized spacial score (nSPS) is 10.8. The van der Waals surface area contributed by atoms with Crippen LogP contribution < -0.4 is 28.4 Å². The van der Waals surface area contributed by atoms with E-state index in [4.69, 9.17) is 38.4 Å². The number of benzene rings is 3. The molecule has 212 valence electrons. The van der Waals surface area contributed by atoms with Crippen molar-refractivity contribution in [2.75, 3.05) is 41.7 Å². The molecule has 1 aromatic heterocycles. The molecule has 4 aromatic rings. The van der Waals surface area contributed by atoms with Crippen molar-refractivity contribution < 1.29 is 28.4 Å². The quantitative estimate of drug-likeness (QED) is 0.152. The lowest BCUT2D eigenvalue weighted by atomic mass is 10.0. The Balaban J connectivity index is 1.98. The number of fused-ring (bicyclic) bond motifs is 1. The summed E-state index contributed by atoms with van der Waals surface area (Å²) in [6, 6.07) is 15.1. The van der Waals surface area contributed by atoms with Crippen LogP contribution in [0.2, 0.25) is 0 Å². The Morgan fingerprint density at radius 1 is 0.525 bits per heavy atom. The first-order valence-corrected chi connectivity index (χ1v) is 13.6. The van der Waals surface area contributed by atoms with E-state index in [9.17, 15) is 0 Å². The first kappa shape index (κ1) is 28.8. The third-order valence-corrected chi connectivity index (χ3v) is 6.57. The highest BCUT2D eigenvalue weighted by Crippen LogP contribution is 2.43. The molecule has 8 heteroatoms. The second-order valence-corrected chi connectivity index (χ2v) is 9.24. The number of rotatable bonds is 14. The summed E-state index contributed by atoms with van der Waals surface area (Å²) in [6.45, 7) is 5.47. The number of methoxy groups -OCH3 is 4. The Bertz CT molecular complexity index is 1330. The fraction of sp³-hybridized carbons (Fsp3) is 0.375. The minimum absolute atomic E-state index is 0.597. The van der Waals surface area contributed by atoms with Crippen LogP contribution in [0.1, 0.15) is 39.5 Å². The molecule has 0 amide bonds. The minimum atomic E-state index is 0.597. The standard InChI is InChI=1S/C32H38N2O6/c1-7-9-15-39-29-19-25-26(20-30(29)40-16-10-8-2)34-32(24-14-12-22(36-4)18-28(24)38-6)31(33-25)23-13-11-21(35-3)17-27(23)37-5/h11-14,17-20H,7-10,15-16H2,1-6H3. The highest BCUT2D eigenvalue weighted by molar-refractivity contribution is 5.91. The summed E-state index contributed by atoms with van der Waals surface area (Å²) in [4.78, 5) is 10.2. The van der Waals surface area contributed by atoms with Gasteiger partial charge in [0.15, 0.2) is 11.5 Å². The van der Waals surface area contributed by atoms with Crippen molar-refractivity contribution in [3.8, 4) is 57.0 Å². The third kappa shape index (κ3) is 6.33. The maximum atomic E-state index is 6.15. The van der Waals surface area contributed by atoms with E-state index < -0.39 is 0 Å². The molecule has 0 spiro atoms. The van der Waals surface area contributed by atoms with E-state index in [-0.39, 0.29) is 0 Å². The second-order valence-electron chi connectivity index (χ2n) is 9.24. The number of hydrogen-bond acceptors (Lipinski definition) is 8. The van der Waals surface area contributed by atoms with E-state index in [2.05, 4.69) is 13.8 Å². The fourth-order valence-electron chi connectivity index (χ4n) is 4.31. The van der Waals surface area contributed by atoms with Crippen LogP contribution in [-0.2, 0) is 0 Å². The molecule has 0 aliphatic rings. The summed E-state index contributed by atoms with van der Waals surface area (Å²) < 4.78 is 34.7. The zero-order chi connectivity index (χ0) is 28.5. The van der Waals surface area contributed by atoms with Crippen molar-refractivity contribution in [1.82, 2.24) is 9.97 Å². The van der Waals surface area contributed by atoms with E-state index in [0.29, 0.717) is 70.1 Å². The number of hydrogen-bond donors (Lipinski definition) is 0. The Labute approximate surface area is 236 Å². The summed E-state index contributed by atoms with van der Waals surface area (Å²) in [5, 5.41) is 0. The molecule has 4 rings (SSSR count). The maximum Gasteiger partial charge on any atom is 0.163 e. The zero-order valence-corrected chi connectivity index (χ0v) is 24.2. The molecule has 8 nitrogen and oxygen atoms in total. The minimum Gasteiger partial charge on any atom is -0.497 e. The van der Waals surface area contributed by atoms with E-state index >= 15 is 0 Å². The van der Waals surface area contributed by atoms with Gasteiger partial charge in [-0.15, -0.1) is 0 Å². The molecule has 0 bridgehead atoms. The molecule has 0 radical (unpaired) electrons. The summed E-state index contributed by atoms with van der Waals surface area (Å²) in [7, 11) is 6.50. The van der Waals surface area contributed by atoms with Crippen molar-refractivity contribution in [3.63, 3.8) is 0 Å². The molecule has 0 saturated carbocycles. The summed E-state index contributed by atoms with van der Waals surface area (Å²) in [5.74, 6) is 3.90. The lowest BCUT2D eigenvalue weighted by Gasteiger charge is -2.18. The molecule has 0 fully saturated rings. The number of ether oxygens (including phenoxy) is 6. The molecular weight excluding hydrogens is 508 g/mol. The van der Waals surface area contributed by atoms with Crippen molar-refractivity contribution >= 4 is 11.0 Å². The lowest BCUT2D eigenvalue weighted by Crippen LogP contribution is -2.04. The predicted molar refractivity (Wildman–Crippen MR) is 157 cm³/mol. The Hall–Kier alpha value is -4.20. The van der Waals surface area contributed by atoms with Gasteiger partial charge in [-0.2, -0.15) is 0 Å². The van der Waals surface area contributed by atoms with Crippen LogP contribution >= 0.6 is 0 Å². The zero-order valence-electron chi connectivity index (χ0n) is 24.2. The molecule has 1 heterocycles. The largest absolute Gasteiger partial charge is 0.497 e. The van der Waals surface area contributed by atoms with Crippen LogP contribution in [0, 0.1) is 0 Å². The van der Waals surface area contributed by atoms with Gasteiger partial charge in [-0.3, -0.25) is 0 Å². The van der Waals surface area contributed by atoms with Crippen molar-refractivity contribution in [2.24, 2.45) is 0 Å². The smallest absolute Gasteiger partial charge is 0.163 e. The molecule has 0 saturated heterocycles. The van der Waals surface area contributed by atoms with Crippen LogP contribution in [0.15, 0.2) is 48.5 Å². The van der Waals surface area contributed by atoms with Gasteiger partial charge in [0.1, 0.15) is 34.4 Å². The first-order valence-electron chi connectivity index (χ1n) is 13.6. The highest BCUT2D eigenvalue weighted by Gasteiger charge is 2.22. The molecule has 0 aliphatic heterocycles. The molecular formula is C32H38N2O6. The Morgan fingerprint density at radius 3 is 1.30 bits per heavy atom. The summed E-state index contributed by atoms with van der Waals surface area (Å²) >= 11 is 0. The van der Waals surface area contributed by atoms with Crippen LogP contribution in [0.4, 0.5) is 0 Å². The van der Waals surface area contributed by atoms with E-state index in [1.807, 2.05) is 48.5 Å². The Kier molecular flexibility index (Phi) is 9.89. The van der Waals surface area contributed by atoms with Gasteiger partial charge in [0, 0.05) is 35.4 Å². The van der Waals surface area contributed by atoms with Crippen LogP contribution in [0.25, 0.3) is 33.5 Å². The maximum absolute atomic E-state index is 6.15.